The minimum Gasteiger partial charge on any atom is -0.478 e. The summed E-state index contributed by atoms with van der Waals surface area (Å²) in [7, 11) is 0. The van der Waals surface area contributed by atoms with Crippen molar-refractivity contribution in [2.75, 3.05) is 0 Å². The smallest absolute Gasteiger partial charge is 0.335 e. The number of carboxylic acids is 1. The van der Waals surface area contributed by atoms with Crippen LogP contribution in [0.5, 0.6) is 0 Å². The lowest BCUT2D eigenvalue weighted by Crippen LogP contribution is -1.98. The summed E-state index contributed by atoms with van der Waals surface area (Å²) >= 11 is 0.998. The summed E-state index contributed by atoms with van der Waals surface area (Å²) in [6.45, 7) is 0. The lowest BCUT2D eigenvalue weighted by Gasteiger charge is -2.03. The van der Waals surface area contributed by atoms with Crippen LogP contribution in [0.4, 0.5) is 4.39 Å². The molecule has 0 saturated heterocycles. The number of benzene rings is 1. The Kier molecular flexibility index (Phi) is 3.03. The fourth-order valence-electron chi connectivity index (χ4n) is 1.51. The molecule has 3 aromatic rings. The molecule has 0 unspecified atom stereocenters. The van der Waals surface area contributed by atoms with Crippen molar-refractivity contribution in [1.29, 1.82) is 0 Å². The van der Waals surface area contributed by atoms with Gasteiger partial charge in [-0.05, 0) is 40.8 Å². The molecular formula is C11H6FN5O2S. The van der Waals surface area contributed by atoms with Gasteiger partial charge in [-0.25, -0.2) is 9.18 Å². The van der Waals surface area contributed by atoms with Crippen molar-refractivity contribution in [2.45, 2.75) is 9.92 Å². The highest BCUT2D eigenvalue weighted by atomic mass is 32.2. The van der Waals surface area contributed by atoms with Crippen LogP contribution in [-0.4, -0.2) is 36.3 Å². The molecule has 0 aliphatic carbocycles. The summed E-state index contributed by atoms with van der Waals surface area (Å²) in [6.07, 6.45) is 0. The van der Waals surface area contributed by atoms with Crippen molar-refractivity contribution in [2.24, 2.45) is 0 Å². The second-order valence-electron chi connectivity index (χ2n) is 3.75. The average molecular weight is 291 g/mol. The SMILES string of the molecule is O=C(O)c1ccc(F)c(Sc2ccc3nnnn3n2)c1. The number of nitrogens with zero attached hydrogens (tertiary/aromatic N) is 5. The number of fused-ring (bicyclic) bond motifs is 1. The van der Waals surface area contributed by atoms with Gasteiger partial charge in [-0.15, -0.1) is 14.8 Å². The molecule has 3 rings (SSSR count). The van der Waals surface area contributed by atoms with Crippen molar-refractivity contribution in [1.82, 2.24) is 25.3 Å². The van der Waals surface area contributed by atoms with Crippen LogP contribution in [0, 0.1) is 5.82 Å². The van der Waals surface area contributed by atoms with Crippen LogP contribution in [0.25, 0.3) is 5.65 Å². The largest absolute Gasteiger partial charge is 0.478 e. The van der Waals surface area contributed by atoms with Gasteiger partial charge in [0, 0.05) is 0 Å². The molecule has 0 aliphatic rings. The molecule has 0 atom stereocenters. The zero-order valence-corrected chi connectivity index (χ0v) is 10.6. The first-order chi connectivity index (χ1) is 9.63. The maximum absolute atomic E-state index is 13.7. The Hall–Kier alpha value is -2.55. The normalized spacial score (nSPS) is 10.8. The number of aromatic nitrogens is 5. The number of halogens is 1. The summed E-state index contributed by atoms with van der Waals surface area (Å²) in [6, 6.07) is 6.84. The topological polar surface area (TPSA) is 93.3 Å². The molecule has 0 saturated carbocycles. The Morgan fingerprint density at radius 1 is 1.30 bits per heavy atom. The molecule has 0 amide bonds. The van der Waals surface area contributed by atoms with E-state index in [2.05, 4.69) is 20.6 Å². The Morgan fingerprint density at radius 3 is 2.95 bits per heavy atom. The predicted octanol–water partition coefficient (Wildman–Crippen LogP) is 1.51. The van der Waals surface area contributed by atoms with Gasteiger partial charge in [-0.1, -0.05) is 11.8 Å². The molecule has 1 N–H and O–H groups in total. The van der Waals surface area contributed by atoms with Crippen LogP contribution in [0.15, 0.2) is 40.3 Å². The summed E-state index contributed by atoms with van der Waals surface area (Å²) in [5.74, 6) is -1.63. The maximum Gasteiger partial charge on any atom is 0.335 e. The molecular weight excluding hydrogens is 285 g/mol. The van der Waals surface area contributed by atoms with Crippen LogP contribution < -0.4 is 0 Å². The summed E-state index contributed by atoms with van der Waals surface area (Å²) in [4.78, 5) is 11.1. The molecule has 0 aliphatic heterocycles. The van der Waals surface area contributed by atoms with E-state index in [4.69, 9.17) is 5.11 Å². The number of carbonyl (C=O) groups is 1. The summed E-state index contributed by atoms with van der Waals surface area (Å²) in [5, 5.41) is 24.2. The van der Waals surface area contributed by atoms with Gasteiger partial charge in [0.25, 0.3) is 0 Å². The van der Waals surface area contributed by atoms with E-state index >= 15 is 0 Å². The van der Waals surface area contributed by atoms with Crippen molar-refractivity contribution in [3.05, 3.63) is 41.7 Å². The lowest BCUT2D eigenvalue weighted by molar-refractivity contribution is 0.0696. The zero-order valence-electron chi connectivity index (χ0n) is 9.76. The molecule has 20 heavy (non-hydrogen) atoms. The standard InChI is InChI=1S/C11H6FN5O2S/c12-7-2-1-6(11(18)19)5-8(7)20-10-4-3-9-13-15-16-17(9)14-10/h1-5H,(H,18,19). The Labute approximate surface area is 115 Å². The van der Waals surface area contributed by atoms with E-state index < -0.39 is 11.8 Å². The summed E-state index contributed by atoms with van der Waals surface area (Å²) in [5.41, 5.74) is 0.478. The number of hydrogen-bond acceptors (Lipinski definition) is 6. The summed E-state index contributed by atoms with van der Waals surface area (Å²) < 4.78 is 14.9. The van der Waals surface area contributed by atoms with Gasteiger partial charge in [0.2, 0.25) is 0 Å². The van der Waals surface area contributed by atoms with Crippen LogP contribution in [-0.2, 0) is 0 Å². The van der Waals surface area contributed by atoms with Gasteiger partial charge in [-0.3, -0.25) is 0 Å². The van der Waals surface area contributed by atoms with Gasteiger partial charge < -0.3 is 5.11 Å². The molecule has 1 aromatic carbocycles. The van der Waals surface area contributed by atoms with Crippen molar-refractivity contribution in [3.8, 4) is 0 Å². The molecule has 7 nitrogen and oxygen atoms in total. The second-order valence-corrected chi connectivity index (χ2v) is 4.81. The van der Waals surface area contributed by atoms with Crippen molar-refractivity contribution < 1.29 is 14.3 Å². The molecule has 0 fully saturated rings. The third-order valence-electron chi connectivity index (χ3n) is 2.44. The predicted molar refractivity (Wildman–Crippen MR) is 66.1 cm³/mol. The zero-order chi connectivity index (χ0) is 14.1. The van der Waals surface area contributed by atoms with Crippen LogP contribution in [0.2, 0.25) is 0 Å². The third kappa shape index (κ3) is 2.30. The van der Waals surface area contributed by atoms with E-state index in [-0.39, 0.29) is 10.5 Å². The van der Waals surface area contributed by atoms with Crippen LogP contribution >= 0.6 is 11.8 Å². The van der Waals surface area contributed by atoms with Crippen LogP contribution in [0.3, 0.4) is 0 Å². The molecule has 100 valence electrons. The molecule has 9 heteroatoms. The minimum atomic E-state index is -1.12. The van der Waals surface area contributed by atoms with Gasteiger partial charge in [0.15, 0.2) is 5.65 Å². The lowest BCUT2D eigenvalue weighted by atomic mass is 10.2. The number of hydrogen-bond donors (Lipinski definition) is 1. The van der Waals surface area contributed by atoms with E-state index in [1.165, 1.54) is 16.8 Å². The molecule has 2 heterocycles. The first-order valence-electron chi connectivity index (χ1n) is 5.39. The second kappa shape index (κ2) is 4.85. The first-order valence-corrected chi connectivity index (χ1v) is 6.21. The number of carboxylic acid groups (broad SMARTS) is 1. The van der Waals surface area contributed by atoms with Crippen LogP contribution in [0.1, 0.15) is 10.4 Å². The van der Waals surface area contributed by atoms with Crippen molar-refractivity contribution >= 4 is 23.4 Å². The molecule has 2 aromatic heterocycles. The molecule has 0 radical (unpaired) electrons. The highest BCUT2D eigenvalue weighted by Gasteiger charge is 2.11. The first kappa shape index (κ1) is 12.5. The monoisotopic (exact) mass is 291 g/mol. The van der Waals surface area contributed by atoms with E-state index in [1.807, 2.05) is 0 Å². The van der Waals surface area contributed by atoms with Gasteiger partial charge in [0.05, 0.1) is 10.5 Å². The minimum absolute atomic E-state index is 0.0115. The molecule has 0 spiro atoms. The maximum atomic E-state index is 13.7. The van der Waals surface area contributed by atoms with Crippen molar-refractivity contribution in [3.63, 3.8) is 0 Å². The van der Waals surface area contributed by atoms with Gasteiger partial charge in [0.1, 0.15) is 10.8 Å². The highest BCUT2D eigenvalue weighted by molar-refractivity contribution is 7.99. The average Bonchev–Trinajstić information content (AvgIpc) is 2.88. The number of aromatic carboxylic acids is 1. The van der Waals surface area contributed by atoms with Gasteiger partial charge in [-0.2, -0.15) is 0 Å². The van der Waals surface area contributed by atoms with E-state index in [1.54, 1.807) is 12.1 Å². The Morgan fingerprint density at radius 2 is 2.15 bits per heavy atom. The highest BCUT2D eigenvalue weighted by Crippen LogP contribution is 2.29. The Balaban J connectivity index is 1.97. The fraction of sp³-hybridized carbons (Fsp3) is 0. The fourth-order valence-corrected chi connectivity index (χ4v) is 2.35. The molecule has 0 bridgehead atoms. The van der Waals surface area contributed by atoms with E-state index in [0.29, 0.717) is 10.7 Å². The van der Waals surface area contributed by atoms with E-state index in [9.17, 15) is 9.18 Å². The number of tetrazole rings is 1. The van der Waals surface area contributed by atoms with E-state index in [0.717, 1.165) is 17.8 Å². The third-order valence-corrected chi connectivity index (χ3v) is 3.40. The number of rotatable bonds is 3. The quantitative estimate of drug-likeness (QED) is 0.781. The Bertz CT molecular complexity index is 806. The van der Waals surface area contributed by atoms with Gasteiger partial charge >= 0.3 is 5.97 Å².